The minimum absolute atomic E-state index is 0.0223. The number of benzene rings is 1. The van der Waals surface area contributed by atoms with Gasteiger partial charge in [0.15, 0.2) is 5.69 Å². The molecular weight excluding hydrogens is 336 g/mol. The molecule has 6 heteroatoms. The van der Waals surface area contributed by atoms with Crippen LogP contribution in [0.15, 0.2) is 47.1 Å². The largest absolute Gasteiger partial charge is 0.497 e. The van der Waals surface area contributed by atoms with Crippen LogP contribution in [-0.4, -0.2) is 27.6 Å². The number of ether oxygens (including phenoxy) is 1. The Morgan fingerprint density at radius 1 is 1.33 bits per heavy atom. The highest BCUT2D eigenvalue weighted by molar-refractivity contribution is 9.10. The van der Waals surface area contributed by atoms with Gasteiger partial charge in [-0.15, -0.1) is 0 Å². The van der Waals surface area contributed by atoms with Crippen LogP contribution in [-0.2, 0) is 0 Å². The smallest absolute Gasteiger partial charge is 0.356 e. The monoisotopic (exact) mass is 346 g/mol. The number of carboxylic acids is 1. The molecule has 1 aromatic carbocycles. The molecule has 21 heavy (non-hydrogen) atoms. The van der Waals surface area contributed by atoms with Crippen LogP contribution >= 0.6 is 15.9 Å². The van der Waals surface area contributed by atoms with Crippen molar-refractivity contribution >= 4 is 27.4 Å². The van der Waals surface area contributed by atoms with Crippen LogP contribution in [0.4, 0.5) is 0 Å². The SMILES string of the molecule is COc1cccc(-c2nc(C(=O)O)c3cc(Br)ccn23)c1. The summed E-state index contributed by atoms with van der Waals surface area (Å²) in [6.07, 6.45) is 1.79. The van der Waals surface area contributed by atoms with Crippen molar-refractivity contribution < 1.29 is 14.6 Å². The summed E-state index contributed by atoms with van der Waals surface area (Å²) in [4.78, 5) is 15.6. The van der Waals surface area contributed by atoms with Gasteiger partial charge in [0, 0.05) is 16.2 Å². The number of methoxy groups -OCH3 is 1. The van der Waals surface area contributed by atoms with Crippen LogP contribution in [0, 0.1) is 0 Å². The molecule has 0 fully saturated rings. The van der Waals surface area contributed by atoms with Gasteiger partial charge in [-0.3, -0.25) is 4.40 Å². The fourth-order valence-corrected chi connectivity index (χ4v) is 2.52. The quantitative estimate of drug-likeness (QED) is 0.788. The Kier molecular flexibility index (Phi) is 3.39. The number of aromatic carboxylic acids is 1. The van der Waals surface area contributed by atoms with E-state index in [1.165, 1.54) is 0 Å². The van der Waals surface area contributed by atoms with Crippen molar-refractivity contribution in [2.24, 2.45) is 0 Å². The first-order valence-corrected chi connectivity index (χ1v) is 6.95. The minimum Gasteiger partial charge on any atom is -0.497 e. The maximum Gasteiger partial charge on any atom is 0.356 e. The molecule has 0 atom stereocenters. The lowest BCUT2D eigenvalue weighted by Gasteiger charge is -2.04. The van der Waals surface area contributed by atoms with Gasteiger partial charge in [0.25, 0.3) is 0 Å². The lowest BCUT2D eigenvalue weighted by Crippen LogP contribution is -1.97. The van der Waals surface area contributed by atoms with Crippen LogP contribution in [0.25, 0.3) is 16.9 Å². The zero-order valence-electron chi connectivity index (χ0n) is 11.1. The van der Waals surface area contributed by atoms with Gasteiger partial charge in [0.1, 0.15) is 11.6 Å². The van der Waals surface area contributed by atoms with Gasteiger partial charge in [0.2, 0.25) is 0 Å². The second kappa shape index (κ2) is 5.21. The summed E-state index contributed by atoms with van der Waals surface area (Å²) in [5.74, 6) is 0.201. The molecule has 0 bridgehead atoms. The number of imidazole rings is 1. The van der Waals surface area contributed by atoms with Crippen LogP contribution in [0.2, 0.25) is 0 Å². The lowest BCUT2D eigenvalue weighted by atomic mass is 10.2. The Labute approximate surface area is 128 Å². The van der Waals surface area contributed by atoms with E-state index in [0.29, 0.717) is 17.1 Å². The number of nitrogens with zero attached hydrogens (tertiary/aromatic N) is 2. The third-order valence-corrected chi connectivity index (χ3v) is 3.63. The van der Waals surface area contributed by atoms with Gasteiger partial charge < -0.3 is 9.84 Å². The number of halogens is 1. The van der Waals surface area contributed by atoms with Crippen molar-refractivity contribution in [2.45, 2.75) is 0 Å². The summed E-state index contributed by atoms with van der Waals surface area (Å²) < 4.78 is 7.75. The van der Waals surface area contributed by atoms with Crippen molar-refractivity contribution in [2.75, 3.05) is 7.11 Å². The average molecular weight is 347 g/mol. The zero-order valence-corrected chi connectivity index (χ0v) is 12.7. The van der Waals surface area contributed by atoms with Gasteiger partial charge in [-0.25, -0.2) is 9.78 Å². The Bertz CT molecular complexity index is 842. The molecule has 1 N–H and O–H groups in total. The molecule has 106 valence electrons. The van der Waals surface area contributed by atoms with Crippen LogP contribution in [0.1, 0.15) is 10.5 Å². The van der Waals surface area contributed by atoms with Crippen LogP contribution < -0.4 is 4.74 Å². The van der Waals surface area contributed by atoms with Crippen molar-refractivity contribution in [3.8, 4) is 17.1 Å². The van der Waals surface area contributed by atoms with Crippen molar-refractivity contribution in [1.82, 2.24) is 9.38 Å². The number of hydrogen-bond acceptors (Lipinski definition) is 3. The highest BCUT2D eigenvalue weighted by atomic mass is 79.9. The molecule has 0 aliphatic carbocycles. The van der Waals surface area contributed by atoms with Gasteiger partial charge in [0.05, 0.1) is 12.6 Å². The Balaban J connectivity index is 2.29. The van der Waals surface area contributed by atoms with E-state index in [0.717, 1.165) is 10.0 Å². The molecule has 2 heterocycles. The topological polar surface area (TPSA) is 63.8 Å². The summed E-state index contributed by atoms with van der Waals surface area (Å²) in [6.45, 7) is 0. The van der Waals surface area contributed by atoms with Gasteiger partial charge in [-0.2, -0.15) is 0 Å². The minimum atomic E-state index is -1.06. The molecular formula is C15H11BrN2O3. The molecule has 0 aliphatic heterocycles. The summed E-state index contributed by atoms with van der Waals surface area (Å²) in [5.41, 5.74) is 1.35. The number of hydrogen-bond donors (Lipinski definition) is 1. The average Bonchev–Trinajstić information content (AvgIpc) is 2.86. The molecule has 0 aliphatic rings. The summed E-state index contributed by atoms with van der Waals surface area (Å²) >= 11 is 3.35. The number of rotatable bonds is 3. The second-order valence-corrected chi connectivity index (χ2v) is 5.34. The molecule has 0 saturated carbocycles. The van der Waals surface area contributed by atoms with E-state index in [9.17, 15) is 9.90 Å². The molecule has 0 unspecified atom stereocenters. The molecule has 3 rings (SSSR count). The fourth-order valence-electron chi connectivity index (χ4n) is 2.18. The Hall–Kier alpha value is -2.34. The van der Waals surface area contributed by atoms with Crippen molar-refractivity contribution in [1.29, 1.82) is 0 Å². The molecule has 5 nitrogen and oxygen atoms in total. The van der Waals surface area contributed by atoms with E-state index in [1.54, 1.807) is 23.8 Å². The van der Waals surface area contributed by atoms with Crippen LogP contribution in [0.5, 0.6) is 5.75 Å². The summed E-state index contributed by atoms with van der Waals surface area (Å²) in [6, 6.07) is 10.9. The van der Waals surface area contributed by atoms with E-state index >= 15 is 0 Å². The molecule has 0 spiro atoms. The number of pyridine rings is 1. The first-order chi connectivity index (χ1) is 10.1. The van der Waals surface area contributed by atoms with E-state index in [4.69, 9.17) is 4.74 Å². The van der Waals surface area contributed by atoms with Crippen molar-refractivity contribution in [3.63, 3.8) is 0 Å². The number of carboxylic acid groups (broad SMARTS) is 1. The molecule has 0 amide bonds. The van der Waals surface area contributed by atoms with E-state index in [1.807, 2.05) is 30.3 Å². The molecule has 2 aromatic heterocycles. The highest BCUT2D eigenvalue weighted by Crippen LogP contribution is 2.27. The second-order valence-electron chi connectivity index (χ2n) is 4.42. The Morgan fingerprint density at radius 2 is 2.14 bits per heavy atom. The maximum absolute atomic E-state index is 11.4. The number of fused-ring (bicyclic) bond motifs is 1. The molecule has 0 saturated heterocycles. The third kappa shape index (κ3) is 2.38. The fraction of sp³-hybridized carbons (Fsp3) is 0.0667. The molecule has 0 radical (unpaired) electrons. The van der Waals surface area contributed by atoms with E-state index in [-0.39, 0.29) is 5.69 Å². The number of aromatic nitrogens is 2. The van der Waals surface area contributed by atoms with Crippen LogP contribution in [0.3, 0.4) is 0 Å². The molecule has 3 aromatic rings. The van der Waals surface area contributed by atoms with Gasteiger partial charge in [-0.05, 0) is 24.3 Å². The van der Waals surface area contributed by atoms with E-state index in [2.05, 4.69) is 20.9 Å². The normalized spacial score (nSPS) is 10.8. The maximum atomic E-state index is 11.4. The predicted molar refractivity (Wildman–Crippen MR) is 81.8 cm³/mol. The van der Waals surface area contributed by atoms with Gasteiger partial charge >= 0.3 is 5.97 Å². The van der Waals surface area contributed by atoms with Crippen molar-refractivity contribution in [3.05, 3.63) is 52.8 Å². The third-order valence-electron chi connectivity index (χ3n) is 3.14. The number of carbonyl (C=O) groups is 1. The predicted octanol–water partition coefficient (Wildman–Crippen LogP) is 3.47. The lowest BCUT2D eigenvalue weighted by molar-refractivity contribution is 0.0693. The van der Waals surface area contributed by atoms with Gasteiger partial charge in [-0.1, -0.05) is 28.1 Å². The zero-order chi connectivity index (χ0) is 15.0. The summed E-state index contributed by atoms with van der Waals surface area (Å²) in [5, 5.41) is 9.32. The first kappa shape index (κ1) is 13.6. The standard InChI is InChI=1S/C15H11BrN2O3/c1-21-11-4-2-3-9(7-11)14-17-13(15(19)20)12-8-10(16)5-6-18(12)14/h2-8H,1H3,(H,19,20). The highest BCUT2D eigenvalue weighted by Gasteiger charge is 2.18. The first-order valence-electron chi connectivity index (χ1n) is 6.15. The summed E-state index contributed by atoms with van der Waals surface area (Å²) in [7, 11) is 1.59. The Morgan fingerprint density at radius 3 is 2.86 bits per heavy atom. The van der Waals surface area contributed by atoms with E-state index < -0.39 is 5.97 Å².